The average molecular weight is 298 g/mol. The zero-order valence-electron chi connectivity index (χ0n) is 9.55. The Morgan fingerprint density at radius 3 is 3.00 bits per heavy atom. The third-order valence-corrected chi connectivity index (χ3v) is 2.99. The van der Waals surface area contributed by atoms with Crippen LogP contribution in [0.25, 0.3) is 5.65 Å². The van der Waals surface area contributed by atoms with Gasteiger partial charge in [-0.15, -0.1) is 0 Å². The standard InChI is InChI=1S/C11H12BrN3O2/c1-3-8(11(16)17-2)10-13-9-5-4-7(12)6-15(9)14-10/h4-6,8H,3H2,1-2H3. The van der Waals surface area contributed by atoms with E-state index in [1.807, 2.05) is 19.1 Å². The van der Waals surface area contributed by atoms with Crippen molar-refractivity contribution in [2.75, 3.05) is 7.11 Å². The fraction of sp³-hybridized carbons (Fsp3) is 0.364. The molecule has 0 aliphatic carbocycles. The second-order valence-corrected chi connectivity index (χ2v) is 4.52. The maximum Gasteiger partial charge on any atom is 0.316 e. The molecule has 0 aliphatic heterocycles. The molecule has 0 amide bonds. The van der Waals surface area contributed by atoms with Gasteiger partial charge in [0.1, 0.15) is 5.92 Å². The smallest absolute Gasteiger partial charge is 0.316 e. The fourth-order valence-corrected chi connectivity index (χ4v) is 1.95. The molecular weight excluding hydrogens is 286 g/mol. The van der Waals surface area contributed by atoms with Crippen LogP contribution < -0.4 is 0 Å². The van der Waals surface area contributed by atoms with Crippen LogP contribution in [0.3, 0.4) is 0 Å². The van der Waals surface area contributed by atoms with E-state index in [0.717, 1.165) is 4.47 Å². The Morgan fingerprint density at radius 1 is 1.59 bits per heavy atom. The van der Waals surface area contributed by atoms with E-state index in [9.17, 15) is 4.79 Å². The molecule has 1 atom stereocenters. The van der Waals surface area contributed by atoms with Crippen LogP contribution in [0.4, 0.5) is 0 Å². The molecule has 5 nitrogen and oxygen atoms in total. The van der Waals surface area contributed by atoms with Gasteiger partial charge in [-0.3, -0.25) is 4.79 Å². The molecule has 2 heterocycles. The zero-order valence-corrected chi connectivity index (χ0v) is 11.1. The minimum Gasteiger partial charge on any atom is -0.468 e. The normalized spacial score (nSPS) is 12.6. The summed E-state index contributed by atoms with van der Waals surface area (Å²) in [5.74, 6) is -0.210. The first-order chi connectivity index (χ1) is 8.15. The van der Waals surface area contributed by atoms with Crippen molar-refractivity contribution >= 4 is 27.5 Å². The van der Waals surface area contributed by atoms with E-state index < -0.39 is 5.92 Å². The molecule has 0 aromatic carbocycles. The van der Waals surface area contributed by atoms with Crippen LogP contribution in [-0.4, -0.2) is 27.7 Å². The Labute approximate surface area is 107 Å². The van der Waals surface area contributed by atoms with E-state index in [2.05, 4.69) is 26.0 Å². The van der Waals surface area contributed by atoms with Gasteiger partial charge in [0.2, 0.25) is 0 Å². The minimum atomic E-state index is -0.404. The number of hydrogen-bond donors (Lipinski definition) is 0. The van der Waals surface area contributed by atoms with E-state index in [1.54, 1.807) is 10.7 Å². The largest absolute Gasteiger partial charge is 0.468 e. The zero-order chi connectivity index (χ0) is 12.4. The number of ether oxygens (including phenoxy) is 1. The number of pyridine rings is 1. The van der Waals surface area contributed by atoms with Crippen molar-refractivity contribution in [1.29, 1.82) is 0 Å². The third-order valence-electron chi connectivity index (χ3n) is 2.52. The molecule has 2 aromatic heterocycles. The van der Waals surface area contributed by atoms with E-state index in [1.165, 1.54) is 7.11 Å². The Hall–Kier alpha value is -1.43. The number of esters is 1. The summed E-state index contributed by atoms with van der Waals surface area (Å²) < 4.78 is 7.29. The van der Waals surface area contributed by atoms with Crippen molar-refractivity contribution in [3.05, 3.63) is 28.6 Å². The number of fused-ring (bicyclic) bond motifs is 1. The van der Waals surface area contributed by atoms with Gasteiger partial charge >= 0.3 is 5.97 Å². The lowest BCUT2D eigenvalue weighted by Crippen LogP contribution is -2.15. The molecule has 0 radical (unpaired) electrons. The van der Waals surface area contributed by atoms with Crippen molar-refractivity contribution in [3.8, 4) is 0 Å². The van der Waals surface area contributed by atoms with Gasteiger partial charge in [-0.25, -0.2) is 9.50 Å². The third kappa shape index (κ3) is 2.31. The van der Waals surface area contributed by atoms with Crippen LogP contribution in [0, 0.1) is 0 Å². The van der Waals surface area contributed by atoms with Crippen molar-refractivity contribution in [1.82, 2.24) is 14.6 Å². The van der Waals surface area contributed by atoms with Crippen molar-refractivity contribution in [3.63, 3.8) is 0 Å². The molecule has 0 aliphatic rings. The summed E-state index contributed by atoms with van der Waals surface area (Å²) in [5, 5.41) is 4.29. The number of rotatable bonds is 3. The summed E-state index contributed by atoms with van der Waals surface area (Å²) in [6, 6.07) is 3.72. The lowest BCUT2D eigenvalue weighted by Gasteiger charge is -2.06. The first-order valence-electron chi connectivity index (χ1n) is 5.25. The monoisotopic (exact) mass is 297 g/mol. The minimum absolute atomic E-state index is 0.303. The van der Waals surface area contributed by atoms with Gasteiger partial charge in [0, 0.05) is 10.7 Å². The Kier molecular flexibility index (Phi) is 3.42. The maximum absolute atomic E-state index is 11.6. The molecule has 6 heteroatoms. The summed E-state index contributed by atoms with van der Waals surface area (Å²) in [6.07, 6.45) is 2.42. The molecule has 0 N–H and O–H groups in total. The molecule has 0 bridgehead atoms. The number of hydrogen-bond acceptors (Lipinski definition) is 4. The summed E-state index contributed by atoms with van der Waals surface area (Å²) in [4.78, 5) is 15.9. The van der Waals surface area contributed by atoms with Gasteiger partial charge in [0.15, 0.2) is 11.5 Å². The highest BCUT2D eigenvalue weighted by Gasteiger charge is 2.23. The van der Waals surface area contributed by atoms with E-state index in [-0.39, 0.29) is 5.97 Å². The average Bonchev–Trinajstić information content (AvgIpc) is 2.72. The highest BCUT2D eigenvalue weighted by atomic mass is 79.9. The maximum atomic E-state index is 11.6. The van der Waals surface area contributed by atoms with Gasteiger partial charge in [-0.05, 0) is 34.5 Å². The van der Waals surface area contributed by atoms with Crippen LogP contribution in [0.5, 0.6) is 0 Å². The van der Waals surface area contributed by atoms with Gasteiger partial charge in [0.05, 0.1) is 7.11 Å². The predicted octanol–water partition coefficient (Wildman–Crippen LogP) is 2.16. The van der Waals surface area contributed by atoms with Crippen LogP contribution >= 0.6 is 15.9 Å². The predicted molar refractivity (Wildman–Crippen MR) is 65.7 cm³/mol. The van der Waals surface area contributed by atoms with Crippen molar-refractivity contribution in [2.45, 2.75) is 19.3 Å². The van der Waals surface area contributed by atoms with Gasteiger partial charge in [-0.2, -0.15) is 5.10 Å². The number of halogens is 1. The lowest BCUT2D eigenvalue weighted by atomic mass is 10.1. The number of carbonyl (C=O) groups is 1. The summed E-state index contributed by atoms with van der Waals surface area (Å²) in [5.41, 5.74) is 0.713. The highest BCUT2D eigenvalue weighted by Crippen LogP contribution is 2.19. The Morgan fingerprint density at radius 2 is 2.35 bits per heavy atom. The van der Waals surface area contributed by atoms with Crippen LogP contribution in [-0.2, 0) is 9.53 Å². The molecule has 90 valence electrons. The van der Waals surface area contributed by atoms with Crippen LogP contribution in [0.15, 0.2) is 22.8 Å². The number of methoxy groups -OCH3 is 1. The quantitative estimate of drug-likeness (QED) is 0.815. The summed E-state index contributed by atoms with van der Waals surface area (Å²) in [6.45, 7) is 1.91. The molecular formula is C11H12BrN3O2. The molecule has 0 saturated carbocycles. The topological polar surface area (TPSA) is 56.5 Å². The molecule has 17 heavy (non-hydrogen) atoms. The SMILES string of the molecule is CCC(C(=O)OC)c1nc2ccc(Br)cn2n1. The molecule has 1 unspecified atom stereocenters. The number of carbonyl (C=O) groups excluding carboxylic acids is 1. The lowest BCUT2D eigenvalue weighted by molar-refractivity contribution is -0.142. The van der Waals surface area contributed by atoms with Crippen LogP contribution in [0.1, 0.15) is 25.1 Å². The van der Waals surface area contributed by atoms with Crippen molar-refractivity contribution in [2.24, 2.45) is 0 Å². The van der Waals surface area contributed by atoms with E-state index in [4.69, 9.17) is 4.74 Å². The molecule has 0 spiro atoms. The number of aromatic nitrogens is 3. The fourth-order valence-electron chi connectivity index (χ4n) is 1.62. The van der Waals surface area contributed by atoms with E-state index in [0.29, 0.717) is 17.9 Å². The second-order valence-electron chi connectivity index (χ2n) is 3.60. The van der Waals surface area contributed by atoms with Gasteiger partial charge < -0.3 is 4.74 Å². The highest BCUT2D eigenvalue weighted by molar-refractivity contribution is 9.10. The second kappa shape index (κ2) is 4.83. The Balaban J connectivity index is 2.44. The first-order valence-corrected chi connectivity index (χ1v) is 6.04. The Bertz CT molecular complexity index is 553. The molecule has 0 fully saturated rings. The van der Waals surface area contributed by atoms with E-state index >= 15 is 0 Å². The molecule has 2 rings (SSSR count). The first kappa shape index (κ1) is 12.0. The molecule has 2 aromatic rings. The number of nitrogens with zero attached hydrogens (tertiary/aromatic N) is 3. The molecule has 0 saturated heterocycles. The van der Waals surface area contributed by atoms with Crippen molar-refractivity contribution < 1.29 is 9.53 Å². The van der Waals surface area contributed by atoms with Crippen LogP contribution in [0.2, 0.25) is 0 Å². The van der Waals surface area contributed by atoms with Gasteiger partial charge in [0.25, 0.3) is 0 Å². The van der Waals surface area contributed by atoms with Gasteiger partial charge in [-0.1, -0.05) is 6.92 Å². The summed E-state index contributed by atoms with van der Waals surface area (Å²) in [7, 11) is 1.37. The summed E-state index contributed by atoms with van der Waals surface area (Å²) >= 11 is 3.36.